The number of hydrogen-bond acceptors (Lipinski definition) is 4. The van der Waals surface area contributed by atoms with Crippen LogP contribution in [0, 0.1) is 0 Å². The van der Waals surface area contributed by atoms with Gasteiger partial charge >= 0.3 is 0 Å². The highest BCUT2D eigenvalue weighted by atomic mass is 32.2. The van der Waals surface area contributed by atoms with Gasteiger partial charge in [-0.3, -0.25) is 4.68 Å². The molecule has 7 nitrogen and oxygen atoms in total. The SMILES string of the molecule is CCn1cc(S(=O)(=O)NCCc2ccn(C)n2)cc1CO. The number of sulfonamides is 1. The van der Waals surface area contributed by atoms with Gasteiger partial charge in [-0.25, -0.2) is 13.1 Å². The van der Waals surface area contributed by atoms with Crippen molar-refractivity contribution in [2.45, 2.75) is 31.4 Å². The van der Waals surface area contributed by atoms with Crippen LogP contribution in [0.4, 0.5) is 0 Å². The van der Waals surface area contributed by atoms with Gasteiger partial charge in [0.2, 0.25) is 10.0 Å². The Kier molecular flexibility index (Phi) is 4.81. The first-order chi connectivity index (χ1) is 9.96. The maximum atomic E-state index is 12.2. The van der Waals surface area contributed by atoms with E-state index in [4.69, 9.17) is 0 Å². The highest BCUT2D eigenvalue weighted by molar-refractivity contribution is 7.89. The maximum absolute atomic E-state index is 12.2. The summed E-state index contributed by atoms with van der Waals surface area (Å²) < 4.78 is 30.3. The largest absolute Gasteiger partial charge is 0.390 e. The molecule has 0 radical (unpaired) electrons. The molecule has 116 valence electrons. The minimum Gasteiger partial charge on any atom is -0.390 e. The second-order valence-corrected chi connectivity index (χ2v) is 6.51. The fourth-order valence-electron chi connectivity index (χ4n) is 2.09. The molecule has 0 atom stereocenters. The average Bonchev–Trinajstić information content (AvgIpc) is 3.04. The van der Waals surface area contributed by atoms with E-state index in [2.05, 4.69) is 9.82 Å². The molecule has 0 saturated heterocycles. The van der Waals surface area contributed by atoms with Crippen LogP contribution in [-0.4, -0.2) is 34.4 Å². The van der Waals surface area contributed by atoms with Crippen molar-refractivity contribution in [2.24, 2.45) is 7.05 Å². The lowest BCUT2D eigenvalue weighted by Crippen LogP contribution is -2.25. The van der Waals surface area contributed by atoms with Crippen molar-refractivity contribution in [3.63, 3.8) is 0 Å². The Hall–Kier alpha value is -1.64. The van der Waals surface area contributed by atoms with Crippen LogP contribution < -0.4 is 4.72 Å². The topological polar surface area (TPSA) is 89.2 Å². The molecule has 0 bridgehead atoms. The van der Waals surface area contributed by atoms with Gasteiger partial charge in [0.15, 0.2) is 0 Å². The van der Waals surface area contributed by atoms with Crippen LogP contribution in [0.5, 0.6) is 0 Å². The lowest BCUT2D eigenvalue weighted by molar-refractivity contribution is 0.271. The summed E-state index contributed by atoms with van der Waals surface area (Å²) in [5, 5.41) is 13.4. The van der Waals surface area contributed by atoms with E-state index in [0.29, 0.717) is 18.7 Å². The summed E-state index contributed by atoms with van der Waals surface area (Å²) in [5.74, 6) is 0. The molecule has 0 unspecified atom stereocenters. The Morgan fingerprint density at radius 1 is 1.43 bits per heavy atom. The van der Waals surface area contributed by atoms with Gasteiger partial charge in [-0.05, 0) is 19.1 Å². The molecule has 0 aromatic carbocycles. The summed E-state index contributed by atoms with van der Waals surface area (Å²) in [4.78, 5) is 0.175. The van der Waals surface area contributed by atoms with Crippen molar-refractivity contribution >= 4 is 10.0 Å². The lowest BCUT2D eigenvalue weighted by Gasteiger charge is -2.03. The Labute approximate surface area is 124 Å². The quantitative estimate of drug-likeness (QED) is 0.767. The molecule has 2 heterocycles. The zero-order chi connectivity index (χ0) is 15.5. The van der Waals surface area contributed by atoms with E-state index in [-0.39, 0.29) is 18.0 Å². The number of hydrogen-bond donors (Lipinski definition) is 2. The minimum atomic E-state index is -3.56. The maximum Gasteiger partial charge on any atom is 0.242 e. The predicted octanol–water partition coefficient (Wildman–Crippen LogP) is 0.255. The van der Waals surface area contributed by atoms with E-state index in [1.54, 1.807) is 9.25 Å². The van der Waals surface area contributed by atoms with Gasteiger partial charge in [0.1, 0.15) is 0 Å². The first-order valence-corrected chi connectivity index (χ1v) is 8.22. The Bertz CT molecular complexity index is 681. The summed E-state index contributed by atoms with van der Waals surface area (Å²) >= 11 is 0. The van der Waals surface area contributed by atoms with Crippen molar-refractivity contribution in [1.29, 1.82) is 0 Å². The second kappa shape index (κ2) is 6.42. The summed E-state index contributed by atoms with van der Waals surface area (Å²) in [6.07, 6.45) is 3.88. The molecule has 0 aliphatic carbocycles. The van der Waals surface area contributed by atoms with E-state index >= 15 is 0 Å². The number of aromatic nitrogens is 3. The van der Waals surface area contributed by atoms with Crippen molar-refractivity contribution < 1.29 is 13.5 Å². The van der Waals surface area contributed by atoms with Gasteiger partial charge in [0, 0.05) is 44.6 Å². The summed E-state index contributed by atoms with van der Waals surface area (Å²) in [6.45, 7) is 2.60. The average molecular weight is 312 g/mol. The molecule has 0 saturated carbocycles. The number of aliphatic hydroxyl groups is 1. The van der Waals surface area contributed by atoms with Crippen molar-refractivity contribution in [3.8, 4) is 0 Å². The molecule has 0 aliphatic rings. The molecule has 0 aliphatic heterocycles. The van der Waals surface area contributed by atoms with E-state index in [0.717, 1.165) is 5.69 Å². The van der Waals surface area contributed by atoms with Crippen molar-refractivity contribution in [3.05, 3.63) is 35.9 Å². The van der Waals surface area contributed by atoms with Crippen LogP contribution in [0.25, 0.3) is 0 Å². The first kappa shape index (κ1) is 15.7. The Morgan fingerprint density at radius 2 is 2.19 bits per heavy atom. The number of nitrogens with zero attached hydrogens (tertiary/aromatic N) is 3. The van der Waals surface area contributed by atoms with E-state index < -0.39 is 10.0 Å². The van der Waals surface area contributed by atoms with E-state index in [1.165, 1.54) is 12.3 Å². The van der Waals surface area contributed by atoms with Gasteiger partial charge in [-0.15, -0.1) is 0 Å². The van der Waals surface area contributed by atoms with E-state index in [9.17, 15) is 13.5 Å². The zero-order valence-corrected chi connectivity index (χ0v) is 13.0. The Balaban J connectivity index is 2.02. The van der Waals surface area contributed by atoms with Crippen LogP contribution in [0.15, 0.2) is 29.4 Å². The van der Waals surface area contributed by atoms with Crippen LogP contribution in [0.3, 0.4) is 0 Å². The standard InChI is InChI=1S/C13H20N4O3S/c1-3-17-9-13(8-12(17)10-18)21(19,20)14-6-4-11-5-7-16(2)15-11/h5,7-9,14,18H,3-4,6,10H2,1-2H3. The first-order valence-electron chi connectivity index (χ1n) is 6.74. The third kappa shape index (κ3) is 3.72. The molecule has 0 amide bonds. The number of aliphatic hydroxyl groups excluding tert-OH is 1. The highest BCUT2D eigenvalue weighted by Gasteiger charge is 2.17. The second-order valence-electron chi connectivity index (χ2n) is 4.74. The van der Waals surface area contributed by atoms with Crippen LogP contribution in [0.2, 0.25) is 0 Å². The molecular weight excluding hydrogens is 292 g/mol. The number of nitrogens with one attached hydrogen (secondary N) is 1. The van der Waals surface area contributed by atoms with Crippen LogP contribution in [0.1, 0.15) is 18.3 Å². The van der Waals surface area contributed by atoms with Gasteiger partial charge in [-0.1, -0.05) is 0 Å². The van der Waals surface area contributed by atoms with E-state index in [1.807, 2.05) is 26.2 Å². The molecule has 0 fully saturated rings. The van der Waals surface area contributed by atoms with Gasteiger partial charge < -0.3 is 9.67 Å². The van der Waals surface area contributed by atoms with Gasteiger partial charge in [0.25, 0.3) is 0 Å². The molecule has 2 rings (SSSR count). The van der Waals surface area contributed by atoms with Crippen LogP contribution >= 0.6 is 0 Å². The molecule has 2 N–H and O–H groups in total. The third-order valence-corrected chi connectivity index (χ3v) is 4.64. The van der Waals surface area contributed by atoms with Gasteiger partial charge in [0.05, 0.1) is 17.2 Å². The molecule has 21 heavy (non-hydrogen) atoms. The lowest BCUT2D eigenvalue weighted by atomic mass is 10.3. The predicted molar refractivity (Wildman–Crippen MR) is 78.1 cm³/mol. The Morgan fingerprint density at radius 3 is 2.71 bits per heavy atom. The minimum absolute atomic E-state index is 0.175. The zero-order valence-electron chi connectivity index (χ0n) is 12.2. The number of aryl methyl sites for hydroxylation is 2. The smallest absolute Gasteiger partial charge is 0.242 e. The summed E-state index contributed by atoms with van der Waals surface area (Å²) in [6, 6.07) is 3.35. The van der Waals surface area contributed by atoms with Gasteiger partial charge in [-0.2, -0.15) is 5.10 Å². The summed E-state index contributed by atoms with van der Waals surface area (Å²) in [5.41, 5.74) is 1.42. The normalized spacial score (nSPS) is 12.0. The van der Waals surface area contributed by atoms with Crippen molar-refractivity contribution in [1.82, 2.24) is 19.1 Å². The molecule has 2 aromatic heterocycles. The third-order valence-electron chi connectivity index (χ3n) is 3.22. The van der Waals surface area contributed by atoms with Crippen molar-refractivity contribution in [2.75, 3.05) is 6.54 Å². The fourth-order valence-corrected chi connectivity index (χ4v) is 3.19. The molecule has 8 heteroatoms. The highest BCUT2D eigenvalue weighted by Crippen LogP contribution is 2.14. The summed E-state index contributed by atoms with van der Waals surface area (Å²) in [7, 11) is -1.74. The molecular formula is C13H20N4O3S. The molecule has 0 spiro atoms. The fraction of sp³-hybridized carbons (Fsp3) is 0.462. The monoisotopic (exact) mass is 312 g/mol. The molecule has 2 aromatic rings. The van der Waals surface area contributed by atoms with Crippen LogP contribution in [-0.2, 0) is 36.6 Å². The number of rotatable bonds is 7.